The van der Waals surface area contributed by atoms with Crippen molar-refractivity contribution in [2.24, 2.45) is 0 Å². The molecular formula is C23H20N4. The Hall–Kier alpha value is -3.11. The number of pyridine rings is 1. The molecule has 4 heteroatoms. The molecular weight excluding hydrogens is 332 g/mol. The van der Waals surface area contributed by atoms with Crippen LogP contribution in [0, 0.1) is 0 Å². The van der Waals surface area contributed by atoms with Crippen molar-refractivity contribution in [2.45, 2.75) is 18.6 Å². The number of aromatic amines is 1. The molecule has 4 aromatic rings. The van der Waals surface area contributed by atoms with Crippen molar-refractivity contribution in [3.63, 3.8) is 0 Å². The Bertz CT molecular complexity index is 1130. The van der Waals surface area contributed by atoms with Crippen LogP contribution in [0.15, 0.2) is 73.1 Å². The quantitative estimate of drug-likeness (QED) is 0.525. The van der Waals surface area contributed by atoms with E-state index in [0.717, 1.165) is 13.0 Å². The number of hydrogen-bond donors (Lipinski definition) is 2. The minimum atomic E-state index is 0.123. The maximum absolute atomic E-state index is 4.36. The van der Waals surface area contributed by atoms with Crippen LogP contribution in [0.1, 0.15) is 34.6 Å². The van der Waals surface area contributed by atoms with Crippen molar-refractivity contribution in [3.8, 4) is 0 Å². The molecule has 2 aromatic heterocycles. The van der Waals surface area contributed by atoms with Crippen molar-refractivity contribution in [1.82, 2.24) is 14.9 Å². The summed E-state index contributed by atoms with van der Waals surface area (Å²) in [6, 6.07) is 21.8. The molecule has 0 amide bonds. The van der Waals surface area contributed by atoms with Gasteiger partial charge < -0.3 is 10.3 Å². The second-order valence-electron chi connectivity index (χ2n) is 7.37. The molecule has 132 valence electrons. The zero-order chi connectivity index (χ0) is 17.8. The van der Waals surface area contributed by atoms with Gasteiger partial charge in [0.15, 0.2) is 0 Å². The Morgan fingerprint density at radius 1 is 0.963 bits per heavy atom. The lowest BCUT2D eigenvalue weighted by molar-refractivity contribution is 0.151. The molecule has 4 heterocycles. The molecule has 0 radical (unpaired) electrons. The van der Waals surface area contributed by atoms with E-state index in [1.165, 1.54) is 39.0 Å². The monoisotopic (exact) mass is 352 g/mol. The minimum absolute atomic E-state index is 0.123. The van der Waals surface area contributed by atoms with E-state index in [9.17, 15) is 0 Å². The summed E-state index contributed by atoms with van der Waals surface area (Å²) in [4.78, 5) is 10.7. The Labute approximate surface area is 157 Å². The summed E-state index contributed by atoms with van der Waals surface area (Å²) in [5, 5.41) is 5.11. The van der Waals surface area contributed by atoms with Gasteiger partial charge in [0.2, 0.25) is 0 Å². The van der Waals surface area contributed by atoms with E-state index in [1.54, 1.807) is 0 Å². The van der Waals surface area contributed by atoms with Crippen LogP contribution in [-0.2, 0) is 6.42 Å². The average molecular weight is 352 g/mol. The largest absolute Gasteiger partial charge is 0.365 e. The van der Waals surface area contributed by atoms with Gasteiger partial charge in [-0.1, -0.05) is 42.5 Å². The highest BCUT2D eigenvalue weighted by Crippen LogP contribution is 2.47. The van der Waals surface area contributed by atoms with Gasteiger partial charge in [0, 0.05) is 46.8 Å². The van der Waals surface area contributed by atoms with Crippen LogP contribution in [0.25, 0.3) is 10.9 Å². The first-order valence-electron chi connectivity index (χ1n) is 9.51. The van der Waals surface area contributed by atoms with Crippen LogP contribution in [0.3, 0.4) is 0 Å². The summed E-state index contributed by atoms with van der Waals surface area (Å²) in [6.45, 7) is 1.01. The highest BCUT2D eigenvalue weighted by Gasteiger charge is 2.40. The van der Waals surface area contributed by atoms with Gasteiger partial charge in [-0.05, 0) is 35.7 Å². The van der Waals surface area contributed by atoms with E-state index < -0.39 is 0 Å². The molecule has 0 saturated carbocycles. The molecule has 0 spiro atoms. The third-order valence-corrected chi connectivity index (χ3v) is 5.95. The highest BCUT2D eigenvalue weighted by atomic mass is 15.3. The summed E-state index contributed by atoms with van der Waals surface area (Å²) in [5.41, 5.74) is 7.79. The number of para-hydroxylation sites is 2. The number of aromatic nitrogens is 2. The molecule has 2 atom stereocenters. The lowest BCUT2D eigenvalue weighted by Gasteiger charge is -2.46. The normalized spacial score (nSPS) is 21.2. The SMILES string of the molecule is c1cncc(C2Nc3ccccc3C3c4[nH]c5ccccc5c4CCN23)c1. The van der Waals surface area contributed by atoms with E-state index in [1.807, 2.05) is 18.5 Å². The molecule has 0 saturated heterocycles. The number of H-pyrrole nitrogens is 1. The summed E-state index contributed by atoms with van der Waals surface area (Å²) in [6.07, 6.45) is 4.99. The standard InChI is InChI=1S/C23H20N4/c1-3-9-19-16(7-1)17-11-13-27-22(21(17)25-19)18-8-2-4-10-20(18)26-23(27)15-6-5-12-24-14-15/h1-10,12,14,22-23,25-26H,11,13H2. The molecule has 0 bridgehead atoms. The number of benzene rings is 2. The summed E-state index contributed by atoms with van der Waals surface area (Å²) in [7, 11) is 0. The van der Waals surface area contributed by atoms with E-state index in [2.05, 4.69) is 74.8 Å². The Morgan fingerprint density at radius 2 is 1.85 bits per heavy atom. The molecule has 6 rings (SSSR count). The van der Waals surface area contributed by atoms with Crippen molar-refractivity contribution in [1.29, 1.82) is 0 Å². The predicted octanol–water partition coefficient (Wildman–Crippen LogP) is 4.63. The Balaban J connectivity index is 1.58. The Morgan fingerprint density at radius 3 is 2.78 bits per heavy atom. The van der Waals surface area contributed by atoms with E-state index >= 15 is 0 Å². The summed E-state index contributed by atoms with van der Waals surface area (Å²) < 4.78 is 0. The van der Waals surface area contributed by atoms with Gasteiger partial charge in [0.05, 0.1) is 6.04 Å². The fourth-order valence-electron chi connectivity index (χ4n) is 4.78. The van der Waals surface area contributed by atoms with E-state index in [0.29, 0.717) is 0 Å². The minimum Gasteiger partial charge on any atom is -0.365 e. The smallest absolute Gasteiger partial charge is 0.108 e. The first kappa shape index (κ1) is 15.0. The number of hydrogen-bond acceptors (Lipinski definition) is 3. The van der Waals surface area contributed by atoms with Gasteiger partial charge in [0.25, 0.3) is 0 Å². The number of fused-ring (bicyclic) bond motifs is 7. The van der Waals surface area contributed by atoms with E-state index in [-0.39, 0.29) is 12.2 Å². The molecule has 2 aromatic carbocycles. The Kier molecular flexibility index (Phi) is 3.16. The zero-order valence-corrected chi connectivity index (χ0v) is 14.9. The van der Waals surface area contributed by atoms with E-state index in [4.69, 9.17) is 0 Å². The van der Waals surface area contributed by atoms with Crippen LogP contribution in [-0.4, -0.2) is 21.4 Å². The third-order valence-electron chi connectivity index (χ3n) is 5.95. The number of nitrogens with one attached hydrogen (secondary N) is 2. The molecule has 0 fully saturated rings. The summed E-state index contributed by atoms with van der Waals surface area (Å²) in [5.74, 6) is 0. The molecule has 0 aliphatic carbocycles. The first-order valence-corrected chi connectivity index (χ1v) is 9.51. The van der Waals surface area contributed by atoms with Crippen LogP contribution >= 0.6 is 0 Å². The predicted molar refractivity (Wildman–Crippen MR) is 108 cm³/mol. The van der Waals surface area contributed by atoms with Crippen LogP contribution in [0.2, 0.25) is 0 Å². The van der Waals surface area contributed by atoms with Gasteiger partial charge in [-0.3, -0.25) is 9.88 Å². The number of rotatable bonds is 1. The maximum atomic E-state index is 4.36. The number of nitrogens with zero attached hydrogens (tertiary/aromatic N) is 2. The highest BCUT2D eigenvalue weighted by molar-refractivity contribution is 5.85. The molecule has 2 aliphatic rings. The lowest BCUT2D eigenvalue weighted by atomic mass is 9.88. The zero-order valence-electron chi connectivity index (χ0n) is 14.9. The van der Waals surface area contributed by atoms with Crippen molar-refractivity contribution < 1.29 is 0 Å². The number of anilines is 1. The molecule has 2 N–H and O–H groups in total. The van der Waals surface area contributed by atoms with Crippen molar-refractivity contribution >= 4 is 16.6 Å². The molecule has 4 nitrogen and oxygen atoms in total. The van der Waals surface area contributed by atoms with Gasteiger partial charge >= 0.3 is 0 Å². The maximum Gasteiger partial charge on any atom is 0.108 e. The second kappa shape index (κ2) is 5.69. The fraction of sp³-hybridized carbons (Fsp3) is 0.174. The first-order chi connectivity index (χ1) is 13.4. The van der Waals surface area contributed by atoms with Gasteiger partial charge in [0.1, 0.15) is 6.17 Å². The summed E-state index contributed by atoms with van der Waals surface area (Å²) >= 11 is 0. The van der Waals surface area contributed by atoms with Crippen LogP contribution in [0.4, 0.5) is 5.69 Å². The second-order valence-corrected chi connectivity index (χ2v) is 7.37. The van der Waals surface area contributed by atoms with Crippen LogP contribution < -0.4 is 5.32 Å². The lowest BCUT2D eigenvalue weighted by Crippen LogP contribution is -2.45. The fourth-order valence-corrected chi connectivity index (χ4v) is 4.78. The van der Waals surface area contributed by atoms with Crippen molar-refractivity contribution in [3.05, 3.63) is 95.4 Å². The third kappa shape index (κ3) is 2.17. The van der Waals surface area contributed by atoms with Gasteiger partial charge in [-0.25, -0.2) is 0 Å². The van der Waals surface area contributed by atoms with Crippen molar-refractivity contribution in [2.75, 3.05) is 11.9 Å². The average Bonchev–Trinajstić information content (AvgIpc) is 3.12. The van der Waals surface area contributed by atoms with Gasteiger partial charge in [-0.15, -0.1) is 0 Å². The molecule has 2 aliphatic heterocycles. The van der Waals surface area contributed by atoms with Gasteiger partial charge in [-0.2, -0.15) is 0 Å². The molecule has 27 heavy (non-hydrogen) atoms. The molecule has 2 unspecified atom stereocenters. The van der Waals surface area contributed by atoms with Crippen LogP contribution in [0.5, 0.6) is 0 Å². The topological polar surface area (TPSA) is 44.0 Å².